The van der Waals surface area contributed by atoms with Crippen LogP contribution in [0.4, 0.5) is 0 Å². The maximum atomic E-state index is 4.85. The lowest BCUT2D eigenvalue weighted by molar-refractivity contribution is 0.762. The van der Waals surface area contributed by atoms with E-state index in [-0.39, 0.29) is 6.15 Å². The van der Waals surface area contributed by atoms with Crippen molar-refractivity contribution >= 4 is 0 Å². The summed E-state index contributed by atoms with van der Waals surface area (Å²) < 4.78 is 0. The second-order valence-electron chi connectivity index (χ2n) is 2.78. The minimum Gasteiger partial charge on any atom is -0.344 e. The van der Waals surface area contributed by atoms with Crippen LogP contribution in [0.15, 0.2) is 0 Å². The highest BCUT2D eigenvalue weighted by Crippen LogP contribution is 1.56. The monoisotopic (exact) mass is 223 g/mol. The van der Waals surface area contributed by atoms with Crippen molar-refractivity contribution in [2.24, 2.45) is 5.73 Å². The van der Waals surface area contributed by atoms with E-state index in [4.69, 9.17) is 5.73 Å². The molecule has 0 unspecified atom stereocenters. The van der Waals surface area contributed by atoms with Crippen molar-refractivity contribution in [1.29, 1.82) is 0 Å². The Kier molecular flexibility index (Phi) is 130. The van der Waals surface area contributed by atoms with Gasteiger partial charge in [-0.2, -0.15) is 0 Å². The molecule has 0 heterocycles. The van der Waals surface area contributed by atoms with Crippen molar-refractivity contribution in [3.8, 4) is 0 Å². The fourth-order valence-electron chi connectivity index (χ4n) is 0.250. The van der Waals surface area contributed by atoms with Crippen LogP contribution in [0.5, 0.6) is 0 Å². The molecule has 0 atom stereocenters. The number of rotatable bonds is 2. The Balaban J connectivity index is -0.0000000300. The van der Waals surface area contributed by atoms with Gasteiger partial charge in [-0.15, -0.1) is 0 Å². The van der Waals surface area contributed by atoms with Gasteiger partial charge in [-0.25, -0.2) is 0 Å². The van der Waals surface area contributed by atoms with Crippen molar-refractivity contribution in [3.05, 3.63) is 0 Å². The Hall–Kier alpha value is -0.120. The van der Waals surface area contributed by atoms with Crippen LogP contribution >= 0.6 is 0 Å². The molecule has 0 aromatic carbocycles. The molecular formula is C12H37N3. The van der Waals surface area contributed by atoms with Gasteiger partial charge < -0.3 is 17.2 Å². The number of nitrogens with two attached hydrogens (primary N) is 1. The zero-order valence-corrected chi connectivity index (χ0v) is 12.3. The van der Waals surface area contributed by atoms with Gasteiger partial charge in [0, 0.05) is 0 Å². The van der Waals surface area contributed by atoms with Gasteiger partial charge in [-0.05, 0) is 19.6 Å². The van der Waals surface area contributed by atoms with Gasteiger partial charge in [0.25, 0.3) is 0 Å². The second-order valence-corrected chi connectivity index (χ2v) is 2.78. The standard InChI is InChI=1S/C4H11N.2C3H8.C2H7N.H3N/c1-3-5-4-2;2*1-3-2;1-2-3;/h5H,3-4H2,1-2H3;2*3H2,1-2H3;2-3H2,1H3;1H3. The molecule has 0 aliphatic carbocycles. The Morgan fingerprint density at radius 2 is 0.867 bits per heavy atom. The highest BCUT2D eigenvalue weighted by atomic mass is 14.8. The molecular weight excluding hydrogens is 186 g/mol. The molecule has 0 amide bonds. The van der Waals surface area contributed by atoms with Gasteiger partial charge in [0.15, 0.2) is 0 Å². The van der Waals surface area contributed by atoms with Gasteiger partial charge in [-0.1, -0.05) is 61.3 Å². The van der Waals surface area contributed by atoms with Crippen LogP contribution in [0.3, 0.4) is 0 Å². The molecule has 15 heavy (non-hydrogen) atoms. The first-order valence-electron chi connectivity index (χ1n) is 6.07. The summed E-state index contributed by atoms with van der Waals surface area (Å²) >= 11 is 0. The van der Waals surface area contributed by atoms with Crippen LogP contribution < -0.4 is 17.2 Å². The maximum Gasteiger partial charge on any atom is -0.00775 e. The van der Waals surface area contributed by atoms with E-state index < -0.39 is 0 Å². The molecule has 0 aliphatic heterocycles. The average Bonchev–Trinajstić information content (AvgIpc) is 2.09. The van der Waals surface area contributed by atoms with Crippen molar-refractivity contribution < 1.29 is 0 Å². The zero-order valence-electron chi connectivity index (χ0n) is 12.3. The molecule has 100 valence electrons. The molecule has 3 nitrogen and oxygen atoms in total. The van der Waals surface area contributed by atoms with Crippen LogP contribution in [0.1, 0.15) is 61.3 Å². The first-order chi connectivity index (χ1) is 6.66. The molecule has 0 radical (unpaired) electrons. The molecule has 0 aliphatic rings. The molecule has 0 bridgehead atoms. The smallest absolute Gasteiger partial charge is 0.00775 e. The topological polar surface area (TPSA) is 73.0 Å². The average molecular weight is 223 g/mol. The molecule has 3 heteroatoms. The SMILES string of the molecule is CCC.CCC.CCN.CCNCC.N. The first kappa shape index (κ1) is 29.4. The fraction of sp³-hybridized carbons (Fsp3) is 1.00. The van der Waals surface area contributed by atoms with Gasteiger partial charge in [-0.3, -0.25) is 0 Å². The minimum absolute atomic E-state index is 0. The van der Waals surface area contributed by atoms with E-state index in [1.54, 1.807) is 0 Å². The lowest BCUT2D eigenvalue weighted by Gasteiger charge is -1.86. The van der Waals surface area contributed by atoms with Crippen LogP contribution in [0.25, 0.3) is 0 Å². The number of hydrogen-bond donors (Lipinski definition) is 3. The predicted molar refractivity (Wildman–Crippen MR) is 75.9 cm³/mol. The summed E-state index contributed by atoms with van der Waals surface area (Å²) in [4.78, 5) is 0. The molecule has 0 fully saturated rings. The van der Waals surface area contributed by atoms with E-state index in [9.17, 15) is 0 Å². The third-order valence-corrected chi connectivity index (χ3v) is 0.500. The van der Waals surface area contributed by atoms with Crippen LogP contribution in [-0.4, -0.2) is 19.6 Å². The van der Waals surface area contributed by atoms with E-state index in [1.807, 2.05) is 6.92 Å². The largest absolute Gasteiger partial charge is 0.344 e. The summed E-state index contributed by atoms with van der Waals surface area (Å²) in [5.41, 5.74) is 4.85. The first-order valence-corrected chi connectivity index (χ1v) is 6.07. The molecule has 0 saturated carbocycles. The lowest BCUT2D eigenvalue weighted by Crippen LogP contribution is -2.09. The van der Waals surface area contributed by atoms with Crippen molar-refractivity contribution in [2.45, 2.75) is 61.3 Å². The molecule has 0 aromatic rings. The van der Waals surface area contributed by atoms with E-state index in [0.29, 0.717) is 0 Å². The molecule has 0 aromatic heterocycles. The Bertz CT molecular complexity index is 35.1. The molecule has 0 saturated heterocycles. The highest BCUT2D eigenvalue weighted by Gasteiger charge is 1.62. The van der Waals surface area contributed by atoms with Gasteiger partial charge in [0.1, 0.15) is 0 Å². The summed E-state index contributed by atoms with van der Waals surface area (Å²) in [7, 11) is 0. The quantitative estimate of drug-likeness (QED) is 0.670. The number of nitrogens with one attached hydrogen (secondary N) is 1. The third-order valence-electron chi connectivity index (χ3n) is 0.500. The number of hydrogen-bond acceptors (Lipinski definition) is 3. The van der Waals surface area contributed by atoms with E-state index in [2.05, 4.69) is 46.9 Å². The zero-order chi connectivity index (χ0) is 12.2. The second kappa shape index (κ2) is 66.6. The van der Waals surface area contributed by atoms with Crippen LogP contribution in [0, 0.1) is 0 Å². The molecule has 0 spiro atoms. The highest BCUT2D eigenvalue weighted by molar-refractivity contribution is 4.27. The summed E-state index contributed by atoms with van der Waals surface area (Å²) in [6.07, 6.45) is 2.50. The summed E-state index contributed by atoms with van der Waals surface area (Å²) in [5, 5.41) is 3.11. The van der Waals surface area contributed by atoms with Crippen molar-refractivity contribution in [1.82, 2.24) is 11.5 Å². The third kappa shape index (κ3) is 554. The van der Waals surface area contributed by atoms with Gasteiger partial charge >= 0.3 is 0 Å². The van der Waals surface area contributed by atoms with Crippen molar-refractivity contribution in [2.75, 3.05) is 19.6 Å². The van der Waals surface area contributed by atoms with Gasteiger partial charge in [0.05, 0.1) is 0 Å². The van der Waals surface area contributed by atoms with E-state index in [0.717, 1.165) is 19.6 Å². The van der Waals surface area contributed by atoms with Crippen LogP contribution in [0.2, 0.25) is 0 Å². The van der Waals surface area contributed by atoms with E-state index >= 15 is 0 Å². The lowest BCUT2D eigenvalue weighted by atomic mass is 10.6. The predicted octanol–water partition coefficient (Wildman–Crippen LogP) is 3.58. The maximum absolute atomic E-state index is 4.85. The summed E-state index contributed by atoms with van der Waals surface area (Å²) in [6, 6.07) is 0. The fourth-order valence-corrected chi connectivity index (χ4v) is 0.250. The normalized spacial score (nSPS) is 6.40. The van der Waals surface area contributed by atoms with E-state index in [1.165, 1.54) is 12.8 Å². The molecule has 6 N–H and O–H groups in total. The Morgan fingerprint density at radius 3 is 0.867 bits per heavy atom. The summed E-state index contributed by atoms with van der Waals surface area (Å²) in [6.45, 7) is 17.5. The minimum atomic E-state index is 0. The van der Waals surface area contributed by atoms with Crippen LogP contribution in [-0.2, 0) is 0 Å². The van der Waals surface area contributed by atoms with Gasteiger partial charge in [0.2, 0.25) is 0 Å². The molecule has 0 rings (SSSR count). The van der Waals surface area contributed by atoms with Crippen molar-refractivity contribution in [3.63, 3.8) is 0 Å². The Labute approximate surface area is 98.8 Å². The Morgan fingerprint density at radius 1 is 0.733 bits per heavy atom. The summed E-state index contributed by atoms with van der Waals surface area (Å²) in [5.74, 6) is 0.